The maximum Gasteiger partial charge on any atom is 0.225 e. The van der Waals surface area contributed by atoms with E-state index in [1.807, 2.05) is 0 Å². The van der Waals surface area contributed by atoms with Gasteiger partial charge in [-0.25, -0.2) is 9.97 Å². The predicted octanol–water partition coefficient (Wildman–Crippen LogP) is 3.12. The van der Waals surface area contributed by atoms with E-state index in [2.05, 4.69) is 29.7 Å². The van der Waals surface area contributed by atoms with Gasteiger partial charge >= 0.3 is 0 Å². The van der Waals surface area contributed by atoms with Crippen molar-refractivity contribution in [3.05, 3.63) is 17.5 Å². The zero-order valence-corrected chi connectivity index (χ0v) is 14.0. The quantitative estimate of drug-likeness (QED) is 0.858. The van der Waals surface area contributed by atoms with E-state index in [1.165, 1.54) is 50.8 Å². The Morgan fingerprint density at radius 3 is 2.55 bits per heavy atom. The summed E-state index contributed by atoms with van der Waals surface area (Å²) in [5, 5.41) is 0. The molecule has 1 aromatic heterocycles. The van der Waals surface area contributed by atoms with Gasteiger partial charge in [0.05, 0.1) is 0 Å². The van der Waals surface area contributed by atoms with Crippen LogP contribution in [0.25, 0.3) is 0 Å². The molecule has 4 rings (SSSR count). The van der Waals surface area contributed by atoms with Crippen molar-refractivity contribution in [3.63, 3.8) is 0 Å². The molecule has 1 aromatic rings. The summed E-state index contributed by atoms with van der Waals surface area (Å²) in [7, 11) is 0. The largest absolute Gasteiger partial charge is 0.338 e. The summed E-state index contributed by atoms with van der Waals surface area (Å²) >= 11 is 0. The zero-order chi connectivity index (χ0) is 15.1. The standard InChI is InChI=1S/C18H28N4/c1-13-10-17(15-7-5-8-15)20-18(19-13)21-11-16(12-21)22-9-4-3-6-14(22)2/h10,14-16H,3-9,11-12H2,1-2H3. The zero-order valence-electron chi connectivity index (χ0n) is 14.0. The van der Waals surface area contributed by atoms with Crippen molar-refractivity contribution >= 4 is 5.95 Å². The number of aromatic nitrogens is 2. The van der Waals surface area contributed by atoms with Gasteiger partial charge in [-0.3, -0.25) is 4.90 Å². The Morgan fingerprint density at radius 1 is 1.05 bits per heavy atom. The number of rotatable bonds is 3. The lowest BCUT2D eigenvalue weighted by Crippen LogP contribution is -2.62. The first-order valence-electron chi connectivity index (χ1n) is 9.07. The smallest absolute Gasteiger partial charge is 0.225 e. The molecule has 3 aliphatic rings. The van der Waals surface area contributed by atoms with Gasteiger partial charge in [0.25, 0.3) is 0 Å². The SMILES string of the molecule is Cc1cc(C2CCC2)nc(N2CC(N3CCCCC3C)C2)n1. The average Bonchev–Trinajstić information content (AvgIpc) is 2.36. The second-order valence-corrected chi connectivity index (χ2v) is 7.50. The first-order valence-corrected chi connectivity index (χ1v) is 9.07. The van der Waals surface area contributed by atoms with Crippen LogP contribution in [0.3, 0.4) is 0 Å². The van der Waals surface area contributed by atoms with Gasteiger partial charge in [0.15, 0.2) is 0 Å². The molecule has 1 unspecified atom stereocenters. The summed E-state index contributed by atoms with van der Waals surface area (Å²) < 4.78 is 0. The van der Waals surface area contributed by atoms with Crippen molar-refractivity contribution < 1.29 is 0 Å². The fraction of sp³-hybridized carbons (Fsp3) is 0.778. The molecule has 1 saturated carbocycles. The number of nitrogens with zero attached hydrogens (tertiary/aromatic N) is 4. The number of likely N-dealkylation sites (tertiary alicyclic amines) is 1. The van der Waals surface area contributed by atoms with Crippen molar-refractivity contribution in [2.75, 3.05) is 24.5 Å². The van der Waals surface area contributed by atoms with Crippen LogP contribution in [0.4, 0.5) is 5.95 Å². The van der Waals surface area contributed by atoms with Crippen molar-refractivity contribution in [3.8, 4) is 0 Å². The van der Waals surface area contributed by atoms with Crippen molar-refractivity contribution in [1.82, 2.24) is 14.9 Å². The molecular formula is C18H28N4. The van der Waals surface area contributed by atoms with Crippen LogP contribution in [0, 0.1) is 6.92 Å². The Bertz CT molecular complexity index is 534. The molecular weight excluding hydrogens is 272 g/mol. The van der Waals surface area contributed by atoms with Gasteiger partial charge in [-0.15, -0.1) is 0 Å². The lowest BCUT2D eigenvalue weighted by Gasteiger charge is -2.49. The molecule has 0 N–H and O–H groups in total. The lowest BCUT2D eigenvalue weighted by atomic mass is 9.82. The monoisotopic (exact) mass is 300 g/mol. The van der Waals surface area contributed by atoms with E-state index in [-0.39, 0.29) is 0 Å². The fourth-order valence-electron chi connectivity index (χ4n) is 4.12. The van der Waals surface area contributed by atoms with Crippen LogP contribution in [-0.2, 0) is 0 Å². The summed E-state index contributed by atoms with van der Waals surface area (Å²) in [5.74, 6) is 1.67. The van der Waals surface area contributed by atoms with Crippen molar-refractivity contribution in [2.24, 2.45) is 0 Å². The van der Waals surface area contributed by atoms with Crippen molar-refractivity contribution in [2.45, 2.75) is 70.4 Å². The molecule has 2 aliphatic heterocycles. The van der Waals surface area contributed by atoms with Crippen LogP contribution < -0.4 is 4.90 Å². The van der Waals surface area contributed by atoms with Gasteiger partial charge in [0.2, 0.25) is 5.95 Å². The van der Waals surface area contributed by atoms with E-state index in [0.29, 0.717) is 12.0 Å². The molecule has 4 nitrogen and oxygen atoms in total. The minimum Gasteiger partial charge on any atom is -0.338 e. The van der Waals surface area contributed by atoms with E-state index >= 15 is 0 Å². The van der Waals surface area contributed by atoms with Gasteiger partial charge < -0.3 is 4.90 Å². The second kappa shape index (κ2) is 5.80. The fourth-order valence-corrected chi connectivity index (χ4v) is 4.12. The molecule has 0 aromatic carbocycles. The van der Waals surface area contributed by atoms with Gasteiger partial charge in [0, 0.05) is 42.5 Å². The highest BCUT2D eigenvalue weighted by molar-refractivity contribution is 5.38. The molecule has 1 atom stereocenters. The predicted molar refractivity (Wildman–Crippen MR) is 89.4 cm³/mol. The summed E-state index contributed by atoms with van der Waals surface area (Å²) in [6, 6.07) is 3.66. The van der Waals surface area contributed by atoms with Crippen LogP contribution in [-0.4, -0.2) is 46.6 Å². The minimum atomic E-state index is 0.694. The van der Waals surface area contributed by atoms with Gasteiger partial charge in [-0.1, -0.05) is 12.8 Å². The molecule has 1 aliphatic carbocycles. The van der Waals surface area contributed by atoms with Crippen LogP contribution >= 0.6 is 0 Å². The summed E-state index contributed by atoms with van der Waals surface area (Å²) in [6.07, 6.45) is 8.12. The summed E-state index contributed by atoms with van der Waals surface area (Å²) in [6.45, 7) is 7.99. The normalized spacial score (nSPS) is 27.5. The maximum absolute atomic E-state index is 4.87. The molecule has 4 heteroatoms. The van der Waals surface area contributed by atoms with Gasteiger partial charge in [-0.2, -0.15) is 0 Å². The number of hydrogen-bond donors (Lipinski definition) is 0. The summed E-state index contributed by atoms with van der Waals surface area (Å²) in [4.78, 5) is 14.7. The van der Waals surface area contributed by atoms with E-state index in [9.17, 15) is 0 Å². The Morgan fingerprint density at radius 2 is 1.86 bits per heavy atom. The van der Waals surface area contributed by atoms with E-state index in [1.54, 1.807) is 0 Å². The van der Waals surface area contributed by atoms with E-state index in [4.69, 9.17) is 9.97 Å². The van der Waals surface area contributed by atoms with Gasteiger partial charge in [-0.05, 0) is 52.1 Å². The number of piperidine rings is 1. The Labute approximate surface area is 133 Å². The molecule has 3 fully saturated rings. The van der Waals surface area contributed by atoms with Crippen LogP contribution in [0.5, 0.6) is 0 Å². The van der Waals surface area contributed by atoms with E-state index in [0.717, 1.165) is 30.8 Å². The Hall–Kier alpha value is -1.16. The van der Waals surface area contributed by atoms with Crippen LogP contribution in [0.1, 0.15) is 62.8 Å². The highest BCUT2D eigenvalue weighted by Gasteiger charge is 2.36. The third-order valence-electron chi connectivity index (χ3n) is 5.85. The van der Waals surface area contributed by atoms with Crippen molar-refractivity contribution in [1.29, 1.82) is 0 Å². The molecule has 3 heterocycles. The molecule has 120 valence electrons. The molecule has 22 heavy (non-hydrogen) atoms. The van der Waals surface area contributed by atoms with Gasteiger partial charge in [0.1, 0.15) is 0 Å². The highest BCUT2D eigenvalue weighted by atomic mass is 15.4. The average molecular weight is 300 g/mol. The molecule has 0 amide bonds. The van der Waals surface area contributed by atoms with Crippen LogP contribution in [0.15, 0.2) is 6.07 Å². The topological polar surface area (TPSA) is 32.3 Å². The number of anilines is 1. The number of hydrogen-bond acceptors (Lipinski definition) is 4. The first kappa shape index (κ1) is 14.4. The second-order valence-electron chi connectivity index (χ2n) is 7.50. The highest BCUT2D eigenvalue weighted by Crippen LogP contribution is 2.36. The third kappa shape index (κ3) is 2.62. The number of aryl methyl sites for hydroxylation is 1. The molecule has 0 radical (unpaired) electrons. The third-order valence-corrected chi connectivity index (χ3v) is 5.85. The molecule has 0 spiro atoms. The van der Waals surface area contributed by atoms with E-state index < -0.39 is 0 Å². The summed E-state index contributed by atoms with van der Waals surface area (Å²) in [5.41, 5.74) is 2.41. The lowest BCUT2D eigenvalue weighted by molar-refractivity contribution is 0.0868. The Balaban J connectivity index is 1.42. The minimum absolute atomic E-state index is 0.694. The maximum atomic E-state index is 4.87. The van der Waals surface area contributed by atoms with Crippen LogP contribution in [0.2, 0.25) is 0 Å². The first-order chi connectivity index (χ1) is 10.7. The Kier molecular flexibility index (Phi) is 3.81. The molecule has 2 saturated heterocycles. The molecule has 0 bridgehead atoms.